The van der Waals surface area contributed by atoms with Crippen LogP contribution in [0.2, 0.25) is 0 Å². The Labute approximate surface area is 117 Å². The highest BCUT2D eigenvalue weighted by Crippen LogP contribution is 2.27. The summed E-state index contributed by atoms with van der Waals surface area (Å²) in [5.74, 6) is 6.93. The maximum atomic E-state index is 5.45. The van der Waals surface area contributed by atoms with Crippen molar-refractivity contribution in [1.82, 2.24) is 9.97 Å². The van der Waals surface area contributed by atoms with Crippen molar-refractivity contribution in [2.75, 3.05) is 5.43 Å². The van der Waals surface area contributed by atoms with E-state index in [1.807, 2.05) is 6.07 Å². The lowest BCUT2D eigenvalue weighted by atomic mass is 10.2. The fourth-order valence-electron chi connectivity index (χ4n) is 1.66. The van der Waals surface area contributed by atoms with Crippen LogP contribution >= 0.6 is 11.8 Å². The number of aryl methyl sites for hydroxylation is 2. The fourth-order valence-corrected chi connectivity index (χ4v) is 2.50. The van der Waals surface area contributed by atoms with Crippen LogP contribution in [-0.4, -0.2) is 9.97 Å². The van der Waals surface area contributed by atoms with Gasteiger partial charge in [0.05, 0.1) is 0 Å². The average Bonchev–Trinajstić information content (AvgIpc) is 2.41. The van der Waals surface area contributed by atoms with Gasteiger partial charge in [0.25, 0.3) is 0 Å². The van der Waals surface area contributed by atoms with Crippen molar-refractivity contribution in [3.63, 3.8) is 0 Å². The molecule has 2 aromatic rings. The van der Waals surface area contributed by atoms with Gasteiger partial charge in [-0.15, -0.1) is 0 Å². The number of anilines is 1. The van der Waals surface area contributed by atoms with Gasteiger partial charge in [0.2, 0.25) is 0 Å². The second-order valence-corrected chi connectivity index (χ2v) is 5.41. The zero-order valence-corrected chi connectivity index (χ0v) is 12.0. The number of rotatable bonds is 5. The second kappa shape index (κ2) is 6.54. The van der Waals surface area contributed by atoms with Crippen LogP contribution in [0, 0.1) is 6.92 Å². The summed E-state index contributed by atoms with van der Waals surface area (Å²) in [5, 5.41) is 0.912. The zero-order chi connectivity index (χ0) is 13.7. The van der Waals surface area contributed by atoms with Crippen molar-refractivity contribution in [2.45, 2.75) is 36.6 Å². The molecule has 0 aliphatic carbocycles. The normalized spacial score (nSPS) is 10.5. The van der Waals surface area contributed by atoms with E-state index >= 15 is 0 Å². The minimum Gasteiger partial charge on any atom is -0.308 e. The van der Waals surface area contributed by atoms with Gasteiger partial charge < -0.3 is 5.43 Å². The van der Waals surface area contributed by atoms with Gasteiger partial charge in [0, 0.05) is 17.4 Å². The van der Waals surface area contributed by atoms with Crippen molar-refractivity contribution in [3.05, 3.63) is 41.7 Å². The molecule has 1 aromatic heterocycles. The SMILES string of the molecule is CCCc1nc(NN)cc(Sc2ccc(C)cc2)n1. The molecule has 0 saturated heterocycles. The minimum absolute atomic E-state index is 0.660. The standard InChI is InChI=1S/C14H18N4S/c1-3-4-12-16-13(18-15)9-14(17-12)19-11-7-5-10(2)6-8-11/h5-9H,3-4,15H2,1-2H3,(H,16,17,18). The molecule has 0 aliphatic heterocycles. The van der Waals surface area contributed by atoms with Crippen molar-refractivity contribution in [1.29, 1.82) is 0 Å². The summed E-state index contributed by atoms with van der Waals surface area (Å²) in [5.41, 5.74) is 3.85. The Balaban J connectivity index is 2.23. The van der Waals surface area contributed by atoms with Gasteiger partial charge in [-0.1, -0.05) is 36.4 Å². The molecule has 0 radical (unpaired) electrons. The number of hydrazine groups is 1. The summed E-state index contributed by atoms with van der Waals surface area (Å²) >= 11 is 1.62. The molecule has 0 amide bonds. The van der Waals surface area contributed by atoms with E-state index in [1.165, 1.54) is 5.56 Å². The zero-order valence-electron chi connectivity index (χ0n) is 11.2. The first-order valence-corrected chi connectivity index (χ1v) is 7.12. The van der Waals surface area contributed by atoms with E-state index in [4.69, 9.17) is 5.84 Å². The summed E-state index contributed by atoms with van der Waals surface area (Å²) in [6.07, 6.45) is 1.87. The van der Waals surface area contributed by atoms with Gasteiger partial charge in [-0.05, 0) is 25.5 Å². The maximum Gasteiger partial charge on any atom is 0.144 e. The van der Waals surface area contributed by atoms with E-state index < -0.39 is 0 Å². The smallest absolute Gasteiger partial charge is 0.144 e. The highest BCUT2D eigenvalue weighted by atomic mass is 32.2. The third-order valence-electron chi connectivity index (χ3n) is 2.61. The van der Waals surface area contributed by atoms with E-state index in [2.05, 4.69) is 53.5 Å². The van der Waals surface area contributed by atoms with Gasteiger partial charge >= 0.3 is 0 Å². The van der Waals surface area contributed by atoms with Crippen molar-refractivity contribution in [3.8, 4) is 0 Å². The highest BCUT2D eigenvalue weighted by Gasteiger charge is 2.05. The number of benzene rings is 1. The number of hydrogen-bond donors (Lipinski definition) is 2. The van der Waals surface area contributed by atoms with Crippen LogP contribution in [0.25, 0.3) is 0 Å². The topological polar surface area (TPSA) is 63.8 Å². The molecule has 1 heterocycles. The Hall–Kier alpha value is -1.59. The van der Waals surface area contributed by atoms with Gasteiger partial charge in [-0.3, -0.25) is 0 Å². The Kier molecular flexibility index (Phi) is 4.76. The molecular weight excluding hydrogens is 256 g/mol. The number of nitrogens with zero attached hydrogens (tertiary/aromatic N) is 2. The fraction of sp³-hybridized carbons (Fsp3) is 0.286. The molecule has 0 saturated carbocycles. The van der Waals surface area contributed by atoms with Gasteiger partial charge in [0.15, 0.2) is 0 Å². The molecule has 5 heteroatoms. The molecule has 0 unspecified atom stereocenters. The maximum absolute atomic E-state index is 5.45. The molecule has 3 N–H and O–H groups in total. The first kappa shape index (κ1) is 13.8. The van der Waals surface area contributed by atoms with E-state index in [0.29, 0.717) is 5.82 Å². The Morgan fingerprint density at radius 1 is 1.21 bits per heavy atom. The second-order valence-electron chi connectivity index (χ2n) is 4.32. The van der Waals surface area contributed by atoms with Crippen molar-refractivity contribution < 1.29 is 0 Å². The van der Waals surface area contributed by atoms with Crippen LogP contribution in [0.1, 0.15) is 24.7 Å². The average molecular weight is 274 g/mol. The van der Waals surface area contributed by atoms with Crippen molar-refractivity contribution >= 4 is 17.6 Å². The summed E-state index contributed by atoms with van der Waals surface area (Å²) in [6, 6.07) is 10.2. The van der Waals surface area contributed by atoms with Gasteiger partial charge in [0.1, 0.15) is 16.7 Å². The molecule has 0 atom stereocenters. The predicted molar refractivity (Wildman–Crippen MR) is 79.1 cm³/mol. The predicted octanol–water partition coefficient (Wildman–Crippen LogP) is 3.17. The summed E-state index contributed by atoms with van der Waals surface area (Å²) < 4.78 is 0. The van der Waals surface area contributed by atoms with Crippen LogP contribution in [-0.2, 0) is 6.42 Å². The number of nitrogens with two attached hydrogens (primary N) is 1. The Bertz CT molecular complexity index is 540. The summed E-state index contributed by atoms with van der Waals surface area (Å²) in [7, 11) is 0. The Morgan fingerprint density at radius 2 is 1.95 bits per heavy atom. The van der Waals surface area contributed by atoms with Crippen LogP contribution in [0.4, 0.5) is 5.82 Å². The number of nitrogen functional groups attached to an aromatic ring is 1. The molecule has 0 spiro atoms. The largest absolute Gasteiger partial charge is 0.308 e. The lowest BCUT2D eigenvalue weighted by molar-refractivity contribution is 0.810. The molecule has 0 bridgehead atoms. The molecule has 0 fully saturated rings. The summed E-state index contributed by atoms with van der Waals surface area (Å²) in [4.78, 5) is 10.0. The van der Waals surface area contributed by atoms with Crippen LogP contribution in [0.5, 0.6) is 0 Å². The third-order valence-corrected chi connectivity index (χ3v) is 3.54. The molecule has 19 heavy (non-hydrogen) atoms. The number of hydrogen-bond acceptors (Lipinski definition) is 5. The van der Waals surface area contributed by atoms with Crippen molar-refractivity contribution in [2.24, 2.45) is 5.84 Å². The molecule has 100 valence electrons. The third kappa shape index (κ3) is 3.94. The van der Waals surface area contributed by atoms with E-state index in [9.17, 15) is 0 Å². The first-order valence-electron chi connectivity index (χ1n) is 6.30. The lowest BCUT2D eigenvalue weighted by Crippen LogP contribution is -2.10. The van der Waals surface area contributed by atoms with Gasteiger partial charge in [-0.2, -0.15) is 0 Å². The van der Waals surface area contributed by atoms with E-state index in [1.54, 1.807) is 11.8 Å². The number of nitrogens with one attached hydrogen (secondary N) is 1. The van der Waals surface area contributed by atoms with Gasteiger partial charge in [-0.25, -0.2) is 15.8 Å². The molecule has 0 aliphatic rings. The lowest BCUT2D eigenvalue weighted by Gasteiger charge is -2.07. The Morgan fingerprint density at radius 3 is 2.58 bits per heavy atom. The number of aromatic nitrogens is 2. The highest BCUT2D eigenvalue weighted by molar-refractivity contribution is 7.99. The molecule has 2 rings (SSSR count). The van der Waals surface area contributed by atoms with E-state index in [0.717, 1.165) is 28.6 Å². The monoisotopic (exact) mass is 274 g/mol. The quantitative estimate of drug-likeness (QED) is 0.498. The minimum atomic E-state index is 0.660. The van der Waals surface area contributed by atoms with Crippen LogP contribution < -0.4 is 11.3 Å². The molecule has 4 nitrogen and oxygen atoms in total. The molecular formula is C14H18N4S. The summed E-state index contributed by atoms with van der Waals surface area (Å²) in [6.45, 7) is 4.19. The first-order chi connectivity index (χ1) is 9.21. The molecule has 1 aromatic carbocycles. The van der Waals surface area contributed by atoms with Crippen LogP contribution in [0.3, 0.4) is 0 Å². The van der Waals surface area contributed by atoms with E-state index in [-0.39, 0.29) is 0 Å². The van der Waals surface area contributed by atoms with Crippen LogP contribution in [0.15, 0.2) is 40.3 Å².